The molecule has 2 amide bonds. The number of alkyl halides is 1. The van der Waals surface area contributed by atoms with E-state index in [1.807, 2.05) is 0 Å². The van der Waals surface area contributed by atoms with Crippen molar-refractivity contribution in [1.82, 2.24) is 9.91 Å². The maximum absolute atomic E-state index is 12.4. The predicted octanol–water partition coefficient (Wildman–Crippen LogP) is -1.16. The fraction of sp³-hybridized carbons (Fsp3) is 0.917. The fourth-order valence-corrected chi connectivity index (χ4v) is 2.48. The molecule has 0 unspecified atom stereocenters. The molecule has 1 fully saturated rings. The third-order valence-electron chi connectivity index (χ3n) is 3.53. The van der Waals surface area contributed by atoms with E-state index in [1.165, 1.54) is 0 Å². The molecule has 1 aliphatic heterocycles. The highest BCUT2D eigenvalue weighted by Crippen LogP contribution is 2.26. The molecular weight excluding hydrogens is 334 g/mol. The number of hydrogen-bond acceptors (Lipinski definition) is 8. The van der Waals surface area contributed by atoms with Crippen molar-refractivity contribution in [3.05, 3.63) is 4.91 Å². The first-order valence-electron chi connectivity index (χ1n) is 7.09. The van der Waals surface area contributed by atoms with E-state index in [0.29, 0.717) is 5.01 Å². The molecule has 23 heavy (non-hydrogen) atoms. The highest BCUT2D eigenvalue weighted by atomic mass is 35.5. The van der Waals surface area contributed by atoms with Gasteiger partial charge in [-0.2, -0.15) is 5.01 Å². The summed E-state index contributed by atoms with van der Waals surface area (Å²) in [4.78, 5) is 24.2. The van der Waals surface area contributed by atoms with Crippen LogP contribution in [0.15, 0.2) is 5.29 Å². The molecule has 134 valence electrons. The molecule has 5 atom stereocenters. The SMILES string of the molecule is CC(C)N(C(=O)N(CCCl)N=O)[C@@H]1O[C@H](CO)[C@@H](O)[C@H](O)[C@H]1O. The number of carbonyl (C=O) groups excluding carboxylic acids is 1. The van der Waals surface area contributed by atoms with Gasteiger partial charge in [0.1, 0.15) is 24.4 Å². The molecular formula is C12H22ClN3O7. The molecule has 4 N–H and O–H groups in total. The Morgan fingerprint density at radius 1 is 1.26 bits per heavy atom. The normalized spacial score (nSPS) is 31.0. The van der Waals surface area contributed by atoms with Gasteiger partial charge in [-0.15, -0.1) is 16.5 Å². The summed E-state index contributed by atoms with van der Waals surface area (Å²) in [6.07, 6.45) is -7.36. The summed E-state index contributed by atoms with van der Waals surface area (Å²) in [7, 11) is 0. The van der Waals surface area contributed by atoms with Crippen LogP contribution in [-0.2, 0) is 4.74 Å². The fourth-order valence-electron chi connectivity index (χ4n) is 2.32. The largest absolute Gasteiger partial charge is 0.394 e. The van der Waals surface area contributed by atoms with E-state index in [1.54, 1.807) is 13.8 Å². The number of urea groups is 1. The Morgan fingerprint density at radius 2 is 1.87 bits per heavy atom. The van der Waals surface area contributed by atoms with Crippen LogP contribution < -0.4 is 0 Å². The Bertz CT molecular complexity index is 412. The van der Waals surface area contributed by atoms with Crippen molar-refractivity contribution in [2.75, 3.05) is 19.0 Å². The van der Waals surface area contributed by atoms with E-state index in [2.05, 4.69) is 5.29 Å². The molecule has 1 aliphatic rings. The highest BCUT2D eigenvalue weighted by molar-refractivity contribution is 6.18. The molecule has 0 aromatic heterocycles. The van der Waals surface area contributed by atoms with Gasteiger partial charge >= 0.3 is 6.03 Å². The molecule has 0 aromatic rings. The van der Waals surface area contributed by atoms with Gasteiger partial charge in [0.25, 0.3) is 0 Å². The van der Waals surface area contributed by atoms with E-state index in [9.17, 15) is 30.1 Å². The maximum atomic E-state index is 12.4. The Labute approximate surface area is 138 Å². The van der Waals surface area contributed by atoms with Crippen LogP contribution in [0, 0.1) is 4.91 Å². The van der Waals surface area contributed by atoms with Crippen LogP contribution in [0.2, 0.25) is 0 Å². The van der Waals surface area contributed by atoms with E-state index in [-0.39, 0.29) is 12.4 Å². The number of aliphatic hydroxyl groups excluding tert-OH is 4. The maximum Gasteiger partial charge on any atom is 0.345 e. The zero-order valence-corrected chi connectivity index (χ0v) is 13.6. The van der Waals surface area contributed by atoms with Crippen molar-refractivity contribution in [3.8, 4) is 0 Å². The minimum absolute atomic E-state index is 0.0297. The monoisotopic (exact) mass is 355 g/mol. The van der Waals surface area contributed by atoms with E-state index in [4.69, 9.17) is 16.3 Å². The number of ether oxygens (including phenoxy) is 1. The van der Waals surface area contributed by atoms with Gasteiger partial charge in [-0.25, -0.2) is 4.79 Å². The third-order valence-corrected chi connectivity index (χ3v) is 3.70. The molecule has 0 aromatic carbocycles. The summed E-state index contributed by atoms with van der Waals surface area (Å²) in [5.41, 5.74) is 0. The van der Waals surface area contributed by atoms with Crippen molar-refractivity contribution in [3.63, 3.8) is 0 Å². The lowest BCUT2D eigenvalue weighted by Gasteiger charge is -2.46. The average Bonchev–Trinajstić information content (AvgIpc) is 2.52. The van der Waals surface area contributed by atoms with Crippen LogP contribution in [-0.4, -0.2) is 92.1 Å². The smallest absolute Gasteiger partial charge is 0.345 e. The predicted molar refractivity (Wildman–Crippen MR) is 79.4 cm³/mol. The second-order valence-corrected chi connectivity index (χ2v) is 5.77. The third kappa shape index (κ3) is 4.28. The summed E-state index contributed by atoms with van der Waals surface area (Å²) < 4.78 is 5.34. The number of hydrogen-bond donors (Lipinski definition) is 4. The van der Waals surface area contributed by atoms with Crippen molar-refractivity contribution in [2.24, 2.45) is 5.29 Å². The molecule has 0 saturated carbocycles. The summed E-state index contributed by atoms with van der Waals surface area (Å²) >= 11 is 5.51. The lowest BCUT2D eigenvalue weighted by atomic mass is 9.97. The first-order chi connectivity index (χ1) is 10.8. The van der Waals surface area contributed by atoms with Gasteiger partial charge in [-0.05, 0) is 13.8 Å². The van der Waals surface area contributed by atoms with Crippen LogP contribution in [0.3, 0.4) is 0 Å². The van der Waals surface area contributed by atoms with Crippen LogP contribution in [0.4, 0.5) is 4.79 Å². The lowest BCUT2D eigenvalue weighted by molar-refractivity contribution is -0.261. The molecule has 0 bridgehead atoms. The molecule has 10 nitrogen and oxygen atoms in total. The minimum Gasteiger partial charge on any atom is -0.394 e. The van der Waals surface area contributed by atoms with Gasteiger partial charge in [0, 0.05) is 11.9 Å². The number of nitrogens with zero attached hydrogens (tertiary/aromatic N) is 3. The van der Waals surface area contributed by atoms with Crippen molar-refractivity contribution in [1.29, 1.82) is 0 Å². The summed E-state index contributed by atoms with van der Waals surface area (Å²) in [5, 5.41) is 42.1. The lowest BCUT2D eigenvalue weighted by Crippen LogP contribution is -2.66. The van der Waals surface area contributed by atoms with Crippen molar-refractivity contribution >= 4 is 17.6 Å². The zero-order valence-electron chi connectivity index (χ0n) is 12.8. The molecule has 0 radical (unpaired) electrons. The van der Waals surface area contributed by atoms with Gasteiger partial charge in [-0.1, -0.05) is 0 Å². The number of aliphatic hydroxyl groups is 4. The first-order valence-corrected chi connectivity index (χ1v) is 7.63. The van der Waals surface area contributed by atoms with Gasteiger partial charge < -0.3 is 25.2 Å². The van der Waals surface area contributed by atoms with Crippen LogP contribution in [0.5, 0.6) is 0 Å². The van der Waals surface area contributed by atoms with Crippen LogP contribution in [0.1, 0.15) is 13.8 Å². The summed E-state index contributed by atoms with van der Waals surface area (Å²) in [5.74, 6) is -0.0297. The average molecular weight is 356 g/mol. The zero-order chi connectivity index (χ0) is 17.7. The van der Waals surface area contributed by atoms with Crippen LogP contribution in [0.25, 0.3) is 0 Å². The first kappa shape index (κ1) is 20.0. The van der Waals surface area contributed by atoms with Crippen LogP contribution >= 0.6 is 11.6 Å². The Hall–Kier alpha value is -1.04. The highest BCUT2D eigenvalue weighted by Gasteiger charge is 2.48. The Kier molecular flexibility index (Phi) is 7.58. The van der Waals surface area contributed by atoms with Gasteiger partial charge in [0.2, 0.25) is 0 Å². The molecule has 0 spiro atoms. The van der Waals surface area contributed by atoms with Gasteiger partial charge in [0.15, 0.2) is 6.23 Å². The number of carbonyl (C=O) groups is 1. The van der Waals surface area contributed by atoms with E-state index >= 15 is 0 Å². The van der Waals surface area contributed by atoms with Crippen molar-refractivity contribution in [2.45, 2.75) is 50.5 Å². The van der Waals surface area contributed by atoms with Crippen molar-refractivity contribution < 1.29 is 30.0 Å². The molecule has 1 heterocycles. The Balaban J connectivity index is 3.08. The molecule has 11 heteroatoms. The summed E-state index contributed by atoms with van der Waals surface area (Å²) in [6.45, 7) is 2.43. The topological polar surface area (TPSA) is 143 Å². The number of amides is 2. The number of halogens is 1. The molecule has 0 aliphatic carbocycles. The number of rotatable bonds is 6. The molecule has 1 rings (SSSR count). The number of nitroso groups, excluding NO2 is 1. The minimum atomic E-state index is -1.64. The molecule has 1 saturated heterocycles. The second-order valence-electron chi connectivity index (χ2n) is 5.40. The van der Waals surface area contributed by atoms with Gasteiger partial charge in [-0.3, -0.25) is 4.90 Å². The summed E-state index contributed by atoms with van der Waals surface area (Å²) in [6, 6.07) is -1.41. The second kappa shape index (κ2) is 8.71. The van der Waals surface area contributed by atoms with Gasteiger partial charge in [0.05, 0.1) is 18.4 Å². The Morgan fingerprint density at radius 3 is 2.30 bits per heavy atom. The quantitative estimate of drug-likeness (QED) is 0.267. The van der Waals surface area contributed by atoms with E-state index in [0.717, 1.165) is 4.90 Å². The van der Waals surface area contributed by atoms with E-state index < -0.39 is 49.3 Å². The standard InChI is InChI=1S/C12H22ClN3O7/c1-6(2)16(12(21)15(14-22)4-3-13)11-10(20)9(19)8(18)7(5-17)23-11/h6-11,17-20H,3-5H2,1-2H3/t7-,8-,9+,10-,11-/m1/s1.